The van der Waals surface area contributed by atoms with Gasteiger partial charge in [-0.3, -0.25) is 4.90 Å². The first-order valence-electron chi connectivity index (χ1n) is 7.98. The van der Waals surface area contributed by atoms with E-state index in [0.29, 0.717) is 29.8 Å². The van der Waals surface area contributed by atoms with Crippen LogP contribution in [-0.2, 0) is 16.4 Å². The Hall–Kier alpha value is -0.820. The number of halogens is 1. The molecule has 1 aromatic rings. The van der Waals surface area contributed by atoms with Gasteiger partial charge in [0.25, 0.3) is 0 Å². The van der Waals surface area contributed by atoms with Gasteiger partial charge in [-0.05, 0) is 45.9 Å². The molecule has 128 valence electrons. The Morgan fingerprint density at radius 1 is 1.43 bits per heavy atom. The van der Waals surface area contributed by atoms with Gasteiger partial charge in [0.2, 0.25) is 10.0 Å². The lowest BCUT2D eigenvalue weighted by Gasteiger charge is -2.24. The number of nitrogens with zero attached hydrogens (tertiary/aromatic N) is 1. The summed E-state index contributed by atoms with van der Waals surface area (Å²) in [5, 5.41) is 0.357. The summed E-state index contributed by atoms with van der Waals surface area (Å²) in [4.78, 5) is 2.44. The second kappa shape index (κ2) is 6.24. The maximum Gasteiger partial charge on any atom is 0.240 e. The van der Waals surface area contributed by atoms with Crippen LogP contribution in [0.5, 0.6) is 5.75 Å². The maximum atomic E-state index is 12.5. The minimum atomic E-state index is -3.57. The summed E-state index contributed by atoms with van der Waals surface area (Å²) in [5.41, 5.74) is 0.855. The van der Waals surface area contributed by atoms with Crippen molar-refractivity contribution in [3.63, 3.8) is 0 Å². The first-order valence-corrected chi connectivity index (χ1v) is 9.84. The molecule has 7 heteroatoms. The molecule has 5 nitrogen and oxygen atoms in total. The number of likely N-dealkylation sites (N-methyl/N-ethyl adjacent to an activating group) is 1. The van der Waals surface area contributed by atoms with Crippen molar-refractivity contribution in [2.45, 2.75) is 56.2 Å². The fraction of sp³-hybridized carbons (Fsp3) is 0.625. The molecular formula is C16H23ClN2O3S. The fourth-order valence-corrected chi connectivity index (χ4v) is 4.46. The highest BCUT2D eigenvalue weighted by atomic mass is 35.5. The van der Waals surface area contributed by atoms with Crippen LogP contribution in [0.25, 0.3) is 0 Å². The van der Waals surface area contributed by atoms with E-state index in [0.717, 1.165) is 5.56 Å². The zero-order valence-corrected chi connectivity index (χ0v) is 15.2. The number of ether oxygens (including phenoxy) is 1. The Bertz CT molecular complexity index is 704. The first-order chi connectivity index (χ1) is 10.8. The van der Waals surface area contributed by atoms with Crippen LogP contribution < -0.4 is 9.46 Å². The Morgan fingerprint density at radius 3 is 2.78 bits per heavy atom. The minimum Gasteiger partial charge on any atom is -0.489 e. The van der Waals surface area contributed by atoms with Crippen LogP contribution in [0.3, 0.4) is 0 Å². The third-order valence-electron chi connectivity index (χ3n) is 4.62. The summed E-state index contributed by atoms with van der Waals surface area (Å²) in [6.45, 7) is 4.36. The van der Waals surface area contributed by atoms with Crippen molar-refractivity contribution in [2.24, 2.45) is 0 Å². The van der Waals surface area contributed by atoms with Gasteiger partial charge in [0.1, 0.15) is 11.9 Å². The number of hydrogen-bond donors (Lipinski definition) is 1. The number of fused-ring (bicyclic) bond motifs is 1. The molecule has 2 unspecified atom stereocenters. The summed E-state index contributed by atoms with van der Waals surface area (Å²) >= 11 is 6.18. The predicted molar refractivity (Wildman–Crippen MR) is 90.7 cm³/mol. The molecule has 0 spiro atoms. The molecule has 2 atom stereocenters. The SMILES string of the molecule is CC1Cc2cc(S(=O)(=O)NCC(C)N(C)C3CC3)cc(Cl)c2O1. The smallest absolute Gasteiger partial charge is 0.240 e. The third kappa shape index (κ3) is 3.65. The van der Waals surface area contributed by atoms with Crippen LogP contribution in [0.4, 0.5) is 0 Å². The molecule has 1 aromatic carbocycles. The van der Waals surface area contributed by atoms with Crippen LogP contribution >= 0.6 is 11.6 Å². The van der Waals surface area contributed by atoms with E-state index in [1.807, 2.05) is 20.9 Å². The van der Waals surface area contributed by atoms with E-state index < -0.39 is 10.0 Å². The molecule has 1 fully saturated rings. The van der Waals surface area contributed by atoms with Crippen molar-refractivity contribution < 1.29 is 13.2 Å². The van der Waals surface area contributed by atoms with Crippen molar-refractivity contribution in [3.05, 3.63) is 22.7 Å². The normalized spacial score (nSPS) is 22.0. The van der Waals surface area contributed by atoms with Crippen LogP contribution in [0.15, 0.2) is 17.0 Å². The quantitative estimate of drug-likeness (QED) is 0.848. The van der Waals surface area contributed by atoms with Gasteiger partial charge in [-0.25, -0.2) is 13.1 Å². The molecule has 0 aromatic heterocycles. The fourth-order valence-electron chi connectivity index (χ4n) is 2.91. The predicted octanol–water partition coefficient (Wildman–Crippen LogP) is 2.42. The monoisotopic (exact) mass is 358 g/mol. The minimum absolute atomic E-state index is 0.0284. The Morgan fingerprint density at radius 2 is 2.13 bits per heavy atom. The van der Waals surface area contributed by atoms with Crippen molar-refractivity contribution in [1.82, 2.24) is 9.62 Å². The van der Waals surface area contributed by atoms with Gasteiger partial charge >= 0.3 is 0 Å². The zero-order valence-electron chi connectivity index (χ0n) is 13.7. The maximum absolute atomic E-state index is 12.5. The van der Waals surface area contributed by atoms with Gasteiger partial charge in [-0.1, -0.05) is 11.6 Å². The highest BCUT2D eigenvalue weighted by molar-refractivity contribution is 7.89. The highest BCUT2D eigenvalue weighted by Crippen LogP contribution is 2.38. The van der Waals surface area contributed by atoms with Gasteiger partial charge < -0.3 is 4.74 Å². The lowest BCUT2D eigenvalue weighted by Crippen LogP contribution is -2.41. The molecule has 1 saturated carbocycles. The molecular weight excluding hydrogens is 336 g/mol. The Kier molecular flexibility index (Phi) is 4.62. The number of nitrogens with one attached hydrogen (secondary N) is 1. The van der Waals surface area contributed by atoms with Gasteiger partial charge in [0.15, 0.2) is 0 Å². The summed E-state index contributed by atoms with van der Waals surface area (Å²) in [5.74, 6) is 0.611. The van der Waals surface area contributed by atoms with E-state index in [1.54, 1.807) is 6.07 Å². The van der Waals surface area contributed by atoms with Gasteiger partial charge in [0, 0.05) is 30.6 Å². The second-order valence-corrected chi connectivity index (χ2v) is 8.80. The van der Waals surface area contributed by atoms with Crippen molar-refractivity contribution in [1.29, 1.82) is 0 Å². The number of benzene rings is 1. The zero-order chi connectivity index (χ0) is 16.8. The first kappa shape index (κ1) is 17.0. The molecule has 0 amide bonds. The molecule has 1 heterocycles. The standard InChI is InChI=1S/C16H23ClN2O3S/c1-10(19(3)13-4-5-13)9-18-23(20,21)14-7-12-6-11(2)22-16(12)15(17)8-14/h7-8,10-11,13,18H,4-6,9H2,1-3H3. The summed E-state index contributed by atoms with van der Waals surface area (Å²) < 4.78 is 33.4. The van der Waals surface area contributed by atoms with Gasteiger partial charge in [-0.15, -0.1) is 0 Å². The van der Waals surface area contributed by atoms with Gasteiger partial charge in [-0.2, -0.15) is 0 Å². The Balaban J connectivity index is 1.72. The number of hydrogen-bond acceptors (Lipinski definition) is 4. The highest BCUT2D eigenvalue weighted by Gasteiger charge is 2.30. The molecule has 1 aliphatic heterocycles. The summed E-state index contributed by atoms with van der Waals surface area (Å²) in [6.07, 6.45) is 3.11. The summed E-state index contributed by atoms with van der Waals surface area (Å²) in [6, 6.07) is 3.89. The van der Waals surface area contributed by atoms with Crippen molar-refractivity contribution in [2.75, 3.05) is 13.6 Å². The molecule has 0 saturated heterocycles. The van der Waals surface area contributed by atoms with E-state index in [-0.39, 0.29) is 17.0 Å². The Labute approximate surface area is 143 Å². The van der Waals surface area contributed by atoms with Crippen LogP contribution in [0.1, 0.15) is 32.3 Å². The molecule has 0 bridgehead atoms. The molecule has 1 N–H and O–H groups in total. The van der Waals surface area contributed by atoms with Gasteiger partial charge in [0.05, 0.1) is 9.92 Å². The lowest BCUT2D eigenvalue weighted by atomic mass is 10.1. The lowest BCUT2D eigenvalue weighted by molar-refractivity contribution is 0.248. The number of sulfonamides is 1. The van der Waals surface area contributed by atoms with E-state index >= 15 is 0 Å². The molecule has 2 aliphatic rings. The second-order valence-electron chi connectivity index (χ2n) is 6.62. The molecule has 0 radical (unpaired) electrons. The molecule has 23 heavy (non-hydrogen) atoms. The van der Waals surface area contributed by atoms with Crippen LogP contribution in [0.2, 0.25) is 5.02 Å². The summed E-state index contributed by atoms with van der Waals surface area (Å²) in [7, 11) is -1.53. The van der Waals surface area contributed by atoms with E-state index in [1.165, 1.54) is 18.9 Å². The van der Waals surface area contributed by atoms with E-state index in [2.05, 4.69) is 9.62 Å². The molecule has 3 rings (SSSR count). The number of rotatable bonds is 6. The largest absolute Gasteiger partial charge is 0.489 e. The van der Waals surface area contributed by atoms with E-state index in [4.69, 9.17) is 16.3 Å². The molecule has 1 aliphatic carbocycles. The average Bonchev–Trinajstić information content (AvgIpc) is 3.26. The average molecular weight is 359 g/mol. The van der Waals surface area contributed by atoms with Crippen LogP contribution in [-0.4, -0.2) is 45.1 Å². The van der Waals surface area contributed by atoms with Crippen molar-refractivity contribution >= 4 is 21.6 Å². The van der Waals surface area contributed by atoms with Crippen molar-refractivity contribution in [3.8, 4) is 5.75 Å². The van der Waals surface area contributed by atoms with Crippen LogP contribution in [0, 0.1) is 0 Å². The third-order valence-corrected chi connectivity index (χ3v) is 6.30. The van der Waals surface area contributed by atoms with E-state index in [9.17, 15) is 8.42 Å². The topological polar surface area (TPSA) is 58.6 Å².